The van der Waals surface area contributed by atoms with Crippen LogP contribution in [0.4, 0.5) is 0 Å². The van der Waals surface area contributed by atoms with Gasteiger partial charge in [0, 0.05) is 18.8 Å². The van der Waals surface area contributed by atoms with Crippen LogP contribution in [0.2, 0.25) is 0 Å². The third-order valence-corrected chi connectivity index (χ3v) is 3.67. The maximum absolute atomic E-state index is 11.8. The van der Waals surface area contributed by atoms with Crippen LogP contribution in [-0.4, -0.2) is 70.1 Å². The predicted molar refractivity (Wildman–Crippen MR) is 80.5 cm³/mol. The summed E-state index contributed by atoms with van der Waals surface area (Å²) in [5.74, 6) is -0.122. The topological polar surface area (TPSA) is 75.7 Å². The minimum atomic E-state index is -2.95. The highest BCUT2D eigenvalue weighted by Crippen LogP contribution is 2.01. The summed E-state index contributed by atoms with van der Waals surface area (Å²) < 4.78 is 27.2. The number of carbonyl (C=O) groups excluding carboxylic acids is 1. The van der Waals surface area contributed by atoms with Crippen molar-refractivity contribution in [2.75, 3.05) is 38.8 Å². The summed E-state index contributed by atoms with van der Waals surface area (Å²) in [4.78, 5) is 13.7. The molecule has 0 aromatic heterocycles. The number of ether oxygens (including phenoxy) is 1. The Hall–Kier alpha value is -0.660. The van der Waals surface area contributed by atoms with E-state index in [2.05, 4.69) is 5.32 Å². The van der Waals surface area contributed by atoms with E-state index in [1.54, 1.807) is 6.92 Å². The van der Waals surface area contributed by atoms with Gasteiger partial charge in [-0.15, -0.1) is 0 Å². The molecule has 0 heterocycles. The number of esters is 1. The summed E-state index contributed by atoms with van der Waals surface area (Å²) in [6.45, 7) is 7.19. The second kappa shape index (κ2) is 9.31. The third-order valence-electron chi connectivity index (χ3n) is 2.75. The molecule has 1 N–H and O–H groups in total. The van der Waals surface area contributed by atoms with Gasteiger partial charge in [0.25, 0.3) is 0 Å². The molecule has 0 spiro atoms. The van der Waals surface area contributed by atoms with E-state index in [1.807, 2.05) is 25.8 Å². The molecule has 120 valence electrons. The first-order valence-corrected chi connectivity index (χ1v) is 9.00. The molecule has 0 fully saturated rings. The van der Waals surface area contributed by atoms with Crippen molar-refractivity contribution in [1.29, 1.82) is 0 Å². The largest absolute Gasteiger partial charge is 0.465 e. The standard InChI is InChI=1S/C13H28N2O4S/c1-6-19-13(16)12(14-11(2)3)7-8-15(4)9-10-20(5,17)18/h11-12,14H,6-10H2,1-5H3. The summed E-state index contributed by atoms with van der Waals surface area (Å²) in [7, 11) is -1.10. The van der Waals surface area contributed by atoms with Crippen LogP contribution in [0, 0.1) is 0 Å². The Morgan fingerprint density at radius 2 is 1.90 bits per heavy atom. The fraction of sp³-hybridized carbons (Fsp3) is 0.923. The number of nitrogens with one attached hydrogen (secondary N) is 1. The van der Waals surface area contributed by atoms with Gasteiger partial charge in [-0.1, -0.05) is 13.8 Å². The third kappa shape index (κ3) is 10.2. The second-order valence-corrected chi connectivity index (χ2v) is 7.61. The summed E-state index contributed by atoms with van der Waals surface area (Å²) in [6.07, 6.45) is 1.82. The van der Waals surface area contributed by atoms with E-state index in [0.717, 1.165) is 0 Å². The van der Waals surface area contributed by atoms with E-state index in [1.165, 1.54) is 6.26 Å². The quantitative estimate of drug-likeness (QED) is 0.584. The van der Waals surface area contributed by atoms with E-state index in [4.69, 9.17) is 4.74 Å². The molecule has 0 rings (SSSR count). The van der Waals surface area contributed by atoms with Crippen molar-refractivity contribution < 1.29 is 17.9 Å². The van der Waals surface area contributed by atoms with Gasteiger partial charge in [-0.2, -0.15) is 0 Å². The Morgan fingerprint density at radius 3 is 2.35 bits per heavy atom. The number of nitrogens with zero attached hydrogens (tertiary/aromatic N) is 1. The first kappa shape index (κ1) is 19.3. The monoisotopic (exact) mass is 308 g/mol. The van der Waals surface area contributed by atoms with Gasteiger partial charge in [-0.05, 0) is 26.9 Å². The lowest BCUT2D eigenvalue weighted by Crippen LogP contribution is -2.44. The molecular weight excluding hydrogens is 280 g/mol. The normalized spacial score (nSPS) is 13.8. The summed E-state index contributed by atoms with van der Waals surface area (Å²) in [5, 5.41) is 3.17. The van der Waals surface area contributed by atoms with Crippen molar-refractivity contribution in [3.8, 4) is 0 Å². The van der Waals surface area contributed by atoms with E-state index >= 15 is 0 Å². The van der Waals surface area contributed by atoms with Crippen LogP contribution in [0.15, 0.2) is 0 Å². The van der Waals surface area contributed by atoms with Crippen molar-refractivity contribution in [3.63, 3.8) is 0 Å². The molecule has 0 aliphatic rings. The van der Waals surface area contributed by atoms with E-state index in [9.17, 15) is 13.2 Å². The average molecular weight is 308 g/mol. The fourth-order valence-corrected chi connectivity index (χ4v) is 2.34. The fourth-order valence-electron chi connectivity index (χ4n) is 1.70. The minimum Gasteiger partial charge on any atom is -0.465 e. The highest BCUT2D eigenvalue weighted by molar-refractivity contribution is 7.90. The summed E-state index contributed by atoms with van der Waals surface area (Å²) >= 11 is 0. The van der Waals surface area contributed by atoms with Gasteiger partial charge in [0.05, 0.1) is 12.4 Å². The van der Waals surface area contributed by atoms with Gasteiger partial charge >= 0.3 is 5.97 Å². The SMILES string of the molecule is CCOC(=O)C(CCN(C)CCS(C)(=O)=O)NC(C)C. The Kier molecular flexibility index (Phi) is 9.00. The molecule has 0 radical (unpaired) electrons. The maximum Gasteiger partial charge on any atom is 0.323 e. The molecule has 0 saturated carbocycles. The Labute approximate surface area is 122 Å². The highest BCUT2D eigenvalue weighted by Gasteiger charge is 2.20. The first-order valence-electron chi connectivity index (χ1n) is 6.94. The van der Waals surface area contributed by atoms with Crippen LogP contribution in [0.25, 0.3) is 0 Å². The molecular formula is C13H28N2O4S. The van der Waals surface area contributed by atoms with Gasteiger partial charge in [-0.3, -0.25) is 4.79 Å². The molecule has 0 bridgehead atoms. The van der Waals surface area contributed by atoms with Crippen LogP contribution in [0.5, 0.6) is 0 Å². The molecule has 20 heavy (non-hydrogen) atoms. The number of sulfone groups is 1. The van der Waals surface area contributed by atoms with Crippen molar-refractivity contribution in [2.45, 2.75) is 39.3 Å². The van der Waals surface area contributed by atoms with Crippen LogP contribution < -0.4 is 5.32 Å². The minimum absolute atomic E-state index is 0.130. The second-order valence-electron chi connectivity index (χ2n) is 5.35. The molecule has 0 aliphatic carbocycles. The summed E-state index contributed by atoms with van der Waals surface area (Å²) in [6, 6.07) is -0.165. The molecule has 1 atom stereocenters. The number of rotatable bonds is 10. The maximum atomic E-state index is 11.8. The Bertz CT molecular complexity index is 382. The summed E-state index contributed by atoms with van der Waals surface area (Å²) in [5.41, 5.74) is 0. The average Bonchev–Trinajstić information content (AvgIpc) is 2.30. The zero-order chi connectivity index (χ0) is 15.8. The van der Waals surface area contributed by atoms with Crippen LogP contribution in [0.1, 0.15) is 27.2 Å². The first-order chi connectivity index (χ1) is 9.15. The lowest BCUT2D eigenvalue weighted by molar-refractivity contribution is -0.146. The van der Waals surface area contributed by atoms with Crippen molar-refractivity contribution in [1.82, 2.24) is 10.2 Å². The molecule has 0 amide bonds. The molecule has 0 aromatic carbocycles. The van der Waals surface area contributed by atoms with Crippen molar-refractivity contribution in [3.05, 3.63) is 0 Å². The highest BCUT2D eigenvalue weighted by atomic mass is 32.2. The molecule has 0 aliphatic heterocycles. The smallest absolute Gasteiger partial charge is 0.323 e. The van der Waals surface area contributed by atoms with E-state index in [-0.39, 0.29) is 23.8 Å². The molecule has 1 unspecified atom stereocenters. The van der Waals surface area contributed by atoms with Crippen LogP contribution in [-0.2, 0) is 19.4 Å². The zero-order valence-corrected chi connectivity index (χ0v) is 14.0. The van der Waals surface area contributed by atoms with Gasteiger partial charge in [-0.25, -0.2) is 8.42 Å². The predicted octanol–water partition coefficient (Wildman–Crippen LogP) is 0.283. The number of hydrogen-bond donors (Lipinski definition) is 1. The van der Waals surface area contributed by atoms with E-state index in [0.29, 0.717) is 26.1 Å². The molecule has 0 saturated heterocycles. The Balaban J connectivity index is 4.27. The van der Waals surface area contributed by atoms with Gasteiger partial charge < -0.3 is 15.0 Å². The van der Waals surface area contributed by atoms with Crippen molar-refractivity contribution >= 4 is 15.8 Å². The molecule has 0 aromatic rings. The lowest BCUT2D eigenvalue weighted by Gasteiger charge is -2.23. The van der Waals surface area contributed by atoms with Gasteiger partial charge in [0.2, 0.25) is 0 Å². The number of carbonyl (C=O) groups is 1. The van der Waals surface area contributed by atoms with Gasteiger partial charge in [0.1, 0.15) is 15.9 Å². The van der Waals surface area contributed by atoms with Crippen LogP contribution >= 0.6 is 0 Å². The molecule has 7 heteroatoms. The zero-order valence-electron chi connectivity index (χ0n) is 13.2. The van der Waals surface area contributed by atoms with E-state index < -0.39 is 9.84 Å². The Morgan fingerprint density at radius 1 is 1.30 bits per heavy atom. The number of hydrogen-bond acceptors (Lipinski definition) is 6. The van der Waals surface area contributed by atoms with Crippen molar-refractivity contribution in [2.24, 2.45) is 0 Å². The molecule has 6 nitrogen and oxygen atoms in total. The van der Waals surface area contributed by atoms with Gasteiger partial charge in [0.15, 0.2) is 0 Å². The lowest BCUT2D eigenvalue weighted by atomic mass is 10.1. The van der Waals surface area contributed by atoms with Crippen LogP contribution in [0.3, 0.4) is 0 Å².